The molecule has 1 aromatic heterocycles. The average molecular weight is 602 g/mol. The van der Waals surface area contributed by atoms with Crippen LogP contribution in [0.3, 0.4) is 0 Å². The zero-order chi connectivity index (χ0) is 30.1. The highest BCUT2D eigenvalue weighted by molar-refractivity contribution is 6.23. The molecule has 1 aliphatic heterocycles. The molecule has 222 valence electrons. The molecular weight excluding hydrogens is 571 g/mol. The minimum Gasteiger partial charge on any atom is -0.352 e. The van der Waals surface area contributed by atoms with Crippen molar-refractivity contribution in [3.8, 4) is 0 Å². The van der Waals surface area contributed by atoms with Crippen LogP contribution in [-0.4, -0.2) is 57.1 Å². The van der Waals surface area contributed by atoms with Gasteiger partial charge in [0.25, 0.3) is 5.91 Å². The van der Waals surface area contributed by atoms with Gasteiger partial charge in [0.05, 0.1) is 11.6 Å². The van der Waals surface area contributed by atoms with Crippen LogP contribution in [-0.2, 0) is 14.4 Å². The van der Waals surface area contributed by atoms with Crippen molar-refractivity contribution in [2.75, 3.05) is 9.80 Å². The molecule has 8 nitrogen and oxygen atoms in total. The third-order valence-electron chi connectivity index (χ3n) is 8.22. The molecule has 4 atom stereocenters. The van der Waals surface area contributed by atoms with Crippen LogP contribution in [0.2, 0.25) is 0 Å². The number of amides is 3. The van der Waals surface area contributed by atoms with Crippen molar-refractivity contribution < 1.29 is 27.6 Å². The number of carbonyl (C=O) groups is 3. The molecule has 2 aliphatic carbocycles. The normalized spacial score (nSPS) is 26.2. The summed E-state index contributed by atoms with van der Waals surface area (Å²) in [4.78, 5) is 52.5. The predicted octanol–water partition coefficient (Wildman–Crippen LogP) is 4.95. The number of carbonyl (C=O) groups excluding carboxylic acids is 3. The van der Waals surface area contributed by atoms with Crippen molar-refractivity contribution in [1.29, 1.82) is 0 Å². The highest BCUT2D eigenvalue weighted by Crippen LogP contribution is 2.42. The summed E-state index contributed by atoms with van der Waals surface area (Å²) in [5.41, 5.74) is -1.12. The Morgan fingerprint density at radius 2 is 1.93 bits per heavy atom. The van der Waals surface area contributed by atoms with Crippen molar-refractivity contribution in [3.63, 3.8) is 0 Å². The minimum atomic E-state index is -2.80. The molecule has 1 aromatic carbocycles. The van der Waals surface area contributed by atoms with Gasteiger partial charge < -0.3 is 5.32 Å². The van der Waals surface area contributed by atoms with Crippen LogP contribution in [0.15, 0.2) is 67.2 Å². The number of allylic oxidation sites excluding steroid dienone is 3. The lowest BCUT2D eigenvalue weighted by molar-refractivity contribution is -0.130. The first-order chi connectivity index (χ1) is 20.0. The zero-order valence-corrected chi connectivity index (χ0v) is 23.7. The van der Waals surface area contributed by atoms with Crippen molar-refractivity contribution in [2.24, 2.45) is 5.41 Å². The molecule has 1 saturated heterocycles. The van der Waals surface area contributed by atoms with E-state index in [-0.39, 0.29) is 55.9 Å². The van der Waals surface area contributed by atoms with Gasteiger partial charge in [0.1, 0.15) is 17.9 Å². The molecule has 42 heavy (non-hydrogen) atoms. The van der Waals surface area contributed by atoms with Gasteiger partial charge in [0.15, 0.2) is 5.82 Å². The fourth-order valence-electron chi connectivity index (χ4n) is 5.92. The lowest BCUT2D eigenvalue weighted by atomic mass is 9.74. The zero-order valence-electron chi connectivity index (χ0n) is 22.9. The van der Waals surface area contributed by atoms with Crippen LogP contribution in [0.4, 0.5) is 24.7 Å². The van der Waals surface area contributed by atoms with Crippen LogP contribution < -0.4 is 15.1 Å². The van der Waals surface area contributed by atoms with E-state index in [1.165, 1.54) is 46.6 Å². The van der Waals surface area contributed by atoms with Gasteiger partial charge in [-0.3, -0.25) is 29.2 Å². The fourth-order valence-corrected chi connectivity index (χ4v) is 6.19. The number of aromatic nitrogens is 2. The Hall–Kier alpha value is -3.73. The summed E-state index contributed by atoms with van der Waals surface area (Å²) in [5, 5.41) is 2.12. The number of benzene rings is 1. The maximum absolute atomic E-state index is 14.7. The van der Waals surface area contributed by atoms with E-state index in [2.05, 4.69) is 15.3 Å². The third-order valence-corrected chi connectivity index (χ3v) is 8.83. The Morgan fingerprint density at radius 3 is 2.60 bits per heavy atom. The summed E-state index contributed by atoms with van der Waals surface area (Å²) in [5.74, 6) is -4.87. The van der Waals surface area contributed by atoms with Crippen molar-refractivity contribution in [1.82, 2.24) is 15.3 Å². The largest absolute Gasteiger partial charge is 0.352 e. The molecule has 0 spiro atoms. The van der Waals surface area contributed by atoms with Gasteiger partial charge in [0, 0.05) is 48.8 Å². The Kier molecular flexibility index (Phi) is 8.41. The number of rotatable bonds is 7. The molecule has 3 amide bonds. The van der Waals surface area contributed by atoms with Gasteiger partial charge in [-0.25, -0.2) is 18.2 Å². The van der Waals surface area contributed by atoms with E-state index in [0.29, 0.717) is 0 Å². The number of alkyl halides is 3. The quantitative estimate of drug-likeness (QED) is 0.453. The Balaban J connectivity index is 1.59. The molecule has 12 heteroatoms. The lowest BCUT2D eigenvalue weighted by Crippen LogP contribution is -2.63. The second-order valence-electron chi connectivity index (χ2n) is 11.1. The van der Waals surface area contributed by atoms with Crippen molar-refractivity contribution in [3.05, 3.63) is 73.0 Å². The van der Waals surface area contributed by atoms with Gasteiger partial charge in [-0.15, -0.1) is 11.6 Å². The van der Waals surface area contributed by atoms with Crippen molar-refractivity contribution >= 4 is 40.8 Å². The van der Waals surface area contributed by atoms with Gasteiger partial charge in [-0.05, 0) is 37.5 Å². The number of hydrogen-bond acceptors (Lipinski definition) is 5. The van der Waals surface area contributed by atoms with Gasteiger partial charge in [-0.1, -0.05) is 37.3 Å². The summed E-state index contributed by atoms with van der Waals surface area (Å²) in [6.07, 6.45) is 10.6. The summed E-state index contributed by atoms with van der Waals surface area (Å²) >= 11 is 6.81. The number of halogens is 4. The molecule has 0 radical (unpaired) electrons. The van der Waals surface area contributed by atoms with Crippen LogP contribution >= 0.6 is 11.6 Å². The minimum absolute atomic E-state index is 0.0508. The van der Waals surface area contributed by atoms with E-state index < -0.39 is 52.5 Å². The first-order valence-electron chi connectivity index (χ1n) is 13.9. The second kappa shape index (κ2) is 11.9. The van der Waals surface area contributed by atoms with Gasteiger partial charge in [0.2, 0.25) is 17.7 Å². The highest BCUT2D eigenvalue weighted by Gasteiger charge is 2.51. The lowest BCUT2D eigenvalue weighted by Gasteiger charge is -2.45. The Morgan fingerprint density at radius 1 is 1.17 bits per heavy atom. The smallest absolute Gasteiger partial charge is 0.251 e. The van der Waals surface area contributed by atoms with Crippen LogP contribution in [0, 0.1) is 11.2 Å². The summed E-state index contributed by atoms with van der Waals surface area (Å²) < 4.78 is 42.4. The van der Waals surface area contributed by atoms with Gasteiger partial charge in [-0.2, -0.15) is 0 Å². The van der Waals surface area contributed by atoms with E-state index in [4.69, 9.17) is 11.6 Å². The first kappa shape index (κ1) is 29.8. The molecule has 2 aromatic rings. The van der Waals surface area contributed by atoms with Crippen molar-refractivity contribution in [2.45, 2.75) is 74.9 Å². The number of hydrogen-bond donors (Lipinski definition) is 1. The number of nitrogens with zero attached hydrogens (tertiary/aromatic N) is 4. The number of anilines is 2. The molecule has 5 rings (SSSR count). The van der Waals surface area contributed by atoms with E-state index >= 15 is 0 Å². The van der Waals surface area contributed by atoms with Crippen LogP contribution in [0.5, 0.6) is 0 Å². The van der Waals surface area contributed by atoms with E-state index in [1.54, 1.807) is 31.2 Å². The van der Waals surface area contributed by atoms with Crippen LogP contribution in [0.25, 0.3) is 0 Å². The maximum Gasteiger partial charge on any atom is 0.251 e. The summed E-state index contributed by atoms with van der Waals surface area (Å²) in [7, 11) is 0. The Labute approximate surface area is 246 Å². The highest BCUT2D eigenvalue weighted by atomic mass is 35.5. The Bertz CT molecular complexity index is 1400. The summed E-state index contributed by atoms with van der Waals surface area (Å²) in [6, 6.07) is 2.32. The fraction of sp³-hybridized carbons (Fsp3) is 0.433. The molecule has 2 heterocycles. The molecule has 1 saturated carbocycles. The molecule has 1 N–H and O–H groups in total. The standard InChI is InChI=1S/C30H31ClF3N5O3/c1-29(12-3-2-7-23(29)31)26(27(41)37-20-10-13-30(33,34)14-11-20)38(21-6-4-5-19(32)17-21)28(42)22-8-9-25(40)39(22)24-18-35-15-16-36-24/h2-7,12,15-18,20,22-23,26H,8-11,13-14H2,1H3,(H,37,41)/t22-,23?,26+,29?/m0/s1. The third kappa shape index (κ3) is 5.92. The predicted molar refractivity (Wildman–Crippen MR) is 152 cm³/mol. The second-order valence-corrected chi connectivity index (χ2v) is 11.6. The topological polar surface area (TPSA) is 95.5 Å². The SMILES string of the molecule is CC1([C@@H](C(=O)NC2CCC(F)(F)CC2)N(C(=O)[C@@H]2CCC(=O)N2c2cnccn2)c2cccc(F)c2)C=CC=CC1Cl. The first-order valence-corrected chi connectivity index (χ1v) is 14.3. The molecular formula is C30H31ClF3N5O3. The molecule has 2 fully saturated rings. The monoisotopic (exact) mass is 601 g/mol. The average Bonchev–Trinajstić information content (AvgIpc) is 3.35. The molecule has 0 bridgehead atoms. The summed E-state index contributed by atoms with van der Waals surface area (Å²) in [6.45, 7) is 1.71. The molecule has 3 aliphatic rings. The maximum atomic E-state index is 14.7. The van der Waals surface area contributed by atoms with Gasteiger partial charge >= 0.3 is 0 Å². The number of nitrogens with one attached hydrogen (secondary N) is 1. The van der Waals surface area contributed by atoms with E-state index in [1.807, 2.05) is 0 Å². The molecule has 2 unspecified atom stereocenters. The van der Waals surface area contributed by atoms with E-state index in [9.17, 15) is 27.6 Å². The van der Waals surface area contributed by atoms with Crippen LogP contribution in [0.1, 0.15) is 45.4 Å². The van der Waals surface area contributed by atoms with E-state index in [0.717, 1.165) is 6.07 Å².